The van der Waals surface area contributed by atoms with Gasteiger partial charge in [0.05, 0.1) is 6.42 Å². The van der Waals surface area contributed by atoms with Crippen LogP contribution >= 0.6 is 0 Å². The third kappa shape index (κ3) is 4.85. The highest BCUT2D eigenvalue weighted by Crippen LogP contribution is 2.14. The lowest BCUT2D eigenvalue weighted by molar-refractivity contribution is -0.130. The van der Waals surface area contributed by atoms with Gasteiger partial charge in [-0.25, -0.2) is 0 Å². The van der Waals surface area contributed by atoms with Crippen molar-refractivity contribution in [2.24, 2.45) is 0 Å². The molecule has 3 nitrogen and oxygen atoms in total. The van der Waals surface area contributed by atoms with Crippen LogP contribution in [0.4, 0.5) is 5.69 Å². The molecule has 0 bridgehead atoms. The summed E-state index contributed by atoms with van der Waals surface area (Å²) in [5.41, 5.74) is 4.62. The molecule has 0 aliphatic carbocycles. The summed E-state index contributed by atoms with van der Waals surface area (Å²) in [7, 11) is 4.05. The molecular weight excluding hydrogens is 284 g/mol. The highest BCUT2D eigenvalue weighted by Gasteiger charge is 2.13. The van der Waals surface area contributed by atoms with Gasteiger partial charge in [-0.05, 0) is 37.1 Å². The van der Waals surface area contributed by atoms with Gasteiger partial charge in [-0.1, -0.05) is 42.0 Å². The molecule has 1 amide bonds. The molecule has 0 fully saturated rings. The van der Waals surface area contributed by atoms with Crippen LogP contribution in [0, 0.1) is 6.92 Å². The van der Waals surface area contributed by atoms with Crippen molar-refractivity contribution in [3.05, 3.63) is 65.2 Å². The number of amides is 1. The lowest BCUT2D eigenvalue weighted by atomic mass is 10.1. The van der Waals surface area contributed by atoms with Crippen LogP contribution < -0.4 is 4.90 Å². The second kappa shape index (κ2) is 7.82. The molecule has 0 aliphatic heterocycles. The fourth-order valence-electron chi connectivity index (χ4n) is 2.49. The van der Waals surface area contributed by atoms with Gasteiger partial charge in [0.1, 0.15) is 0 Å². The summed E-state index contributed by atoms with van der Waals surface area (Å²) in [5, 5.41) is 0. The van der Waals surface area contributed by atoms with E-state index in [1.165, 1.54) is 11.3 Å². The summed E-state index contributed by atoms with van der Waals surface area (Å²) >= 11 is 0. The van der Waals surface area contributed by atoms with Crippen molar-refractivity contribution in [1.82, 2.24) is 4.90 Å². The van der Waals surface area contributed by atoms with E-state index in [-0.39, 0.29) is 5.91 Å². The molecule has 0 aliphatic rings. The first-order valence-corrected chi connectivity index (χ1v) is 8.09. The minimum atomic E-state index is 0.174. The standard InChI is InChI=1S/C20H26N2O/c1-5-22(15-18-10-12-19(13-11-18)21(3)4)20(23)14-17-8-6-16(2)7-9-17/h6-13H,5,14-15H2,1-4H3. The third-order valence-corrected chi connectivity index (χ3v) is 4.04. The van der Waals surface area contributed by atoms with E-state index in [9.17, 15) is 4.79 Å². The minimum absolute atomic E-state index is 0.174. The van der Waals surface area contributed by atoms with Crippen molar-refractivity contribution in [3.63, 3.8) is 0 Å². The molecule has 2 rings (SSSR count). The Morgan fingerprint density at radius 3 is 2.00 bits per heavy atom. The Hall–Kier alpha value is -2.29. The molecule has 0 atom stereocenters. The summed E-state index contributed by atoms with van der Waals surface area (Å²) in [6.45, 7) is 5.47. The second-order valence-electron chi connectivity index (χ2n) is 6.13. The van der Waals surface area contributed by atoms with E-state index < -0.39 is 0 Å². The van der Waals surface area contributed by atoms with E-state index in [0.717, 1.165) is 17.7 Å². The fourth-order valence-corrected chi connectivity index (χ4v) is 2.49. The van der Waals surface area contributed by atoms with E-state index in [0.29, 0.717) is 13.0 Å². The zero-order chi connectivity index (χ0) is 16.8. The van der Waals surface area contributed by atoms with E-state index in [4.69, 9.17) is 0 Å². The number of benzene rings is 2. The van der Waals surface area contributed by atoms with Gasteiger partial charge in [0.25, 0.3) is 0 Å². The first kappa shape index (κ1) is 17.1. The van der Waals surface area contributed by atoms with Crippen molar-refractivity contribution in [3.8, 4) is 0 Å². The van der Waals surface area contributed by atoms with Gasteiger partial charge in [-0.2, -0.15) is 0 Å². The number of anilines is 1. The predicted molar refractivity (Wildman–Crippen MR) is 96.7 cm³/mol. The normalized spacial score (nSPS) is 10.4. The Kier molecular flexibility index (Phi) is 5.80. The van der Waals surface area contributed by atoms with E-state index in [2.05, 4.69) is 48.2 Å². The maximum atomic E-state index is 12.5. The molecular formula is C20H26N2O. The van der Waals surface area contributed by atoms with E-state index >= 15 is 0 Å². The van der Waals surface area contributed by atoms with Crippen molar-refractivity contribution >= 4 is 11.6 Å². The number of carbonyl (C=O) groups is 1. The number of aryl methyl sites for hydroxylation is 1. The molecule has 0 heterocycles. The molecule has 0 aromatic heterocycles. The third-order valence-electron chi connectivity index (χ3n) is 4.04. The number of hydrogen-bond acceptors (Lipinski definition) is 2. The van der Waals surface area contributed by atoms with Crippen LogP contribution in [-0.2, 0) is 17.8 Å². The van der Waals surface area contributed by atoms with Crippen molar-refractivity contribution in [2.75, 3.05) is 25.5 Å². The molecule has 0 saturated carbocycles. The minimum Gasteiger partial charge on any atom is -0.378 e. The first-order valence-electron chi connectivity index (χ1n) is 8.09. The molecule has 0 unspecified atom stereocenters. The van der Waals surface area contributed by atoms with E-state index in [1.807, 2.05) is 38.1 Å². The highest BCUT2D eigenvalue weighted by atomic mass is 16.2. The largest absolute Gasteiger partial charge is 0.378 e. The van der Waals surface area contributed by atoms with Crippen LogP contribution in [0.15, 0.2) is 48.5 Å². The smallest absolute Gasteiger partial charge is 0.227 e. The van der Waals surface area contributed by atoms with Crippen LogP contribution in [-0.4, -0.2) is 31.4 Å². The molecule has 0 saturated heterocycles. The molecule has 3 heteroatoms. The van der Waals surface area contributed by atoms with Gasteiger partial charge in [-0.3, -0.25) is 4.79 Å². The molecule has 2 aromatic carbocycles. The van der Waals surface area contributed by atoms with Crippen LogP contribution in [0.2, 0.25) is 0 Å². The summed E-state index contributed by atoms with van der Waals surface area (Å²) in [5.74, 6) is 0.174. The summed E-state index contributed by atoms with van der Waals surface area (Å²) in [6.07, 6.45) is 0.462. The number of carbonyl (C=O) groups excluding carboxylic acids is 1. The number of likely N-dealkylation sites (N-methyl/N-ethyl adjacent to an activating group) is 1. The lowest BCUT2D eigenvalue weighted by Gasteiger charge is -2.22. The molecule has 0 radical (unpaired) electrons. The van der Waals surface area contributed by atoms with Crippen molar-refractivity contribution < 1.29 is 4.79 Å². The van der Waals surface area contributed by atoms with Gasteiger partial charge >= 0.3 is 0 Å². The van der Waals surface area contributed by atoms with Crippen LogP contribution in [0.1, 0.15) is 23.6 Å². The van der Waals surface area contributed by atoms with Gasteiger partial charge in [0.2, 0.25) is 5.91 Å². The van der Waals surface area contributed by atoms with Gasteiger partial charge in [-0.15, -0.1) is 0 Å². The van der Waals surface area contributed by atoms with Crippen LogP contribution in [0.5, 0.6) is 0 Å². The maximum absolute atomic E-state index is 12.5. The number of rotatable bonds is 6. The molecule has 2 aromatic rings. The van der Waals surface area contributed by atoms with Crippen LogP contribution in [0.25, 0.3) is 0 Å². The Morgan fingerprint density at radius 2 is 1.48 bits per heavy atom. The summed E-state index contributed by atoms with van der Waals surface area (Å²) in [4.78, 5) is 16.5. The fraction of sp³-hybridized carbons (Fsp3) is 0.350. The Labute approximate surface area is 139 Å². The zero-order valence-electron chi connectivity index (χ0n) is 14.5. The quantitative estimate of drug-likeness (QED) is 0.813. The van der Waals surface area contributed by atoms with Gasteiger partial charge < -0.3 is 9.80 Å². The Morgan fingerprint density at radius 1 is 0.913 bits per heavy atom. The van der Waals surface area contributed by atoms with Crippen LogP contribution in [0.3, 0.4) is 0 Å². The average molecular weight is 310 g/mol. The zero-order valence-corrected chi connectivity index (χ0v) is 14.5. The average Bonchev–Trinajstić information content (AvgIpc) is 2.55. The van der Waals surface area contributed by atoms with E-state index in [1.54, 1.807) is 0 Å². The second-order valence-corrected chi connectivity index (χ2v) is 6.13. The first-order chi connectivity index (χ1) is 11.0. The monoisotopic (exact) mass is 310 g/mol. The SMILES string of the molecule is CCN(Cc1ccc(N(C)C)cc1)C(=O)Cc1ccc(C)cc1. The topological polar surface area (TPSA) is 23.6 Å². The van der Waals surface area contributed by atoms with Crippen molar-refractivity contribution in [2.45, 2.75) is 26.8 Å². The summed E-state index contributed by atoms with van der Waals surface area (Å²) in [6, 6.07) is 16.5. The number of hydrogen-bond donors (Lipinski definition) is 0. The maximum Gasteiger partial charge on any atom is 0.227 e. The Bertz CT molecular complexity index is 630. The predicted octanol–water partition coefficient (Wildman–Crippen LogP) is 3.65. The molecule has 0 N–H and O–H groups in total. The van der Waals surface area contributed by atoms with Gasteiger partial charge in [0, 0.05) is 32.9 Å². The highest BCUT2D eigenvalue weighted by molar-refractivity contribution is 5.78. The molecule has 122 valence electrons. The lowest BCUT2D eigenvalue weighted by Crippen LogP contribution is -2.31. The summed E-state index contributed by atoms with van der Waals surface area (Å²) < 4.78 is 0. The molecule has 23 heavy (non-hydrogen) atoms. The Balaban J connectivity index is 2.00. The number of nitrogens with zero attached hydrogens (tertiary/aromatic N) is 2. The van der Waals surface area contributed by atoms with Gasteiger partial charge in [0.15, 0.2) is 0 Å². The molecule has 0 spiro atoms. The van der Waals surface area contributed by atoms with Crippen molar-refractivity contribution in [1.29, 1.82) is 0 Å².